The van der Waals surface area contributed by atoms with Crippen LogP contribution in [0.1, 0.15) is 44.5 Å². The molecule has 0 heterocycles. The van der Waals surface area contributed by atoms with Gasteiger partial charge in [0, 0.05) is 0 Å². The molecular weight excluding hydrogens is 532 g/mol. The third kappa shape index (κ3) is 6.18. The molecule has 0 aliphatic carbocycles. The van der Waals surface area contributed by atoms with Crippen LogP contribution in [0.3, 0.4) is 0 Å². The Bertz CT molecular complexity index is 1590. The van der Waals surface area contributed by atoms with Crippen molar-refractivity contribution in [3.63, 3.8) is 0 Å². The molecule has 0 amide bonds. The lowest BCUT2D eigenvalue weighted by atomic mass is 9.97. The lowest BCUT2D eigenvalue weighted by Crippen LogP contribution is -2.13. The van der Waals surface area contributed by atoms with Crippen LogP contribution in [0.2, 0.25) is 0 Å². The van der Waals surface area contributed by atoms with Gasteiger partial charge in [-0.2, -0.15) is 16.8 Å². The minimum atomic E-state index is -3.98. The van der Waals surface area contributed by atoms with Crippen LogP contribution >= 0.6 is 0 Å². The van der Waals surface area contributed by atoms with Crippen molar-refractivity contribution >= 4 is 20.2 Å². The molecule has 204 valence electrons. The Morgan fingerprint density at radius 2 is 0.795 bits per heavy atom. The van der Waals surface area contributed by atoms with Crippen LogP contribution in [0.25, 0.3) is 0 Å². The van der Waals surface area contributed by atoms with Crippen LogP contribution in [-0.4, -0.2) is 16.8 Å². The van der Waals surface area contributed by atoms with Gasteiger partial charge in [0.2, 0.25) is 0 Å². The van der Waals surface area contributed by atoms with E-state index in [0.29, 0.717) is 51.3 Å². The second-order valence-electron chi connectivity index (χ2n) is 9.90. The van der Waals surface area contributed by atoms with Crippen LogP contribution in [0.4, 0.5) is 0 Å². The highest BCUT2D eigenvalue weighted by Gasteiger charge is 2.23. The lowest BCUT2D eigenvalue weighted by molar-refractivity contribution is 0.480. The van der Waals surface area contributed by atoms with Crippen LogP contribution in [0, 0.1) is 41.5 Å². The van der Waals surface area contributed by atoms with E-state index in [1.54, 1.807) is 50.2 Å². The normalized spacial score (nSPS) is 11.8. The molecule has 0 aromatic heterocycles. The van der Waals surface area contributed by atoms with Gasteiger partial charge in [0.25, 0.3) is 0 Å². The largest absolute Gasteiger partial charge is 0.378 e. The third-order valence-corrected chi connectivity index (χ3v) is 9.33. The van der Waals surface area contributed by atoms with Crippen molar-refractivity contribution in [2.75, 3.05) is 0 Å². The van der Waals surface area contributed by atoms with Crippen molar-refractivity contribution in [2.24, 2.45) is 0 Å². The number of benzene rings is 4. The first-order chi connectivity index (χ1) is 18.3. The number of hydrogen-bond donors (Lipinski definition) is 0. The molecule has 0 saturated heterocycles. The third-order valence-electron chi connectivity index (χ3n) is 6.56. The highest BCUT2D eigenvalue weighted by Crippen LogP contribution is 2.32. The molecule has 6 nitrogen and oxygen atoms in total. The molecular formula is C31H32O6S2. The van der Waals surface area contributed by atoms with E-state index in [2.05, 4.69) is 0 Å². The summed E-state index contributed by atoms with van der Waals surface area (Å²) in [5, 5.41) is 0. The molecule has 4 aromatic rings. The van der Waals surface area contributed by atoms with Crippen molar-refractivity contribution in [3.05, 3.63) is 117 Å². The molecule has 0 atom stereocenters. The molecule has 0 N–H and O–H groups in total. The highest BCUT2D eigenvalue weighted by atomic mass is 32.2. The fraction of sp³-hybridized carbons (Fsp3) is 0.226. The van der Waals surface area contributed by atoms with E-state index in [0.717, 1.165) is 11.1 Å². The quantitative estimate of drug-likeness (QED) is 0.222. The summed E-state index contributed by atoms with van der Waals surface area (Å²) in [6.07, 6.45) is 0.568. The first kappa shape index (κ1) is 28.4. The molecule has 0 fully saturated rings. The van der Waals surface area contributed by atoms with Crippen molar-refractivity contribution < 1.29 is 25.2 Å². The Morgan fingerprint density at radius 1 is 0.487 bits per heavy atom. The van der Waals surface area contributed by atoms with Gasteiger partial charge in [-0.25, -0.2) is 0 Å². The Labute approximate surface area is 231 Å². The molecule has 4 aromatic carbocycles. The van der Waals surface area contributed by atoms with Crippen molar-refractivity contribution in [1.82, 2.24) is 0 Å². The topological polar surface area (TPSA) is 86.7 Å². The maximum Gasteiger partial charge on any atom is 0.339 e. The smallest absolute Gasteiger partial charge is 0.339 e. The summed E-state index contributed by atoms with van der Waals surface area (Å²) in [7, 11) is -7.96. The van der Waals surface area contributed by atoms with Gasteiger partial charge in [-0.1, -0.05) is 60.7 Å². The van der Waals surface area contributed by atoms with E-state index in [1.165, 1.54) is 12.1 Å². The number of aryl methyl sites for hydroxylation is 6. The molecule has 39 heavy (non-hydrogen) atoms. The van der Waals surface area contributed by atoms with E-state index in [-0.39, 0.29) is 9.79 Å². The van der Waals surface area contributed by atoms with Crippen LogP contribution in [-0.2, 0) is 26.7 Å². The zero-order chi connectivity index (χ0) is 28.5. The predicted molar refractivity (Wildman–Crippen MR) is 153 cm³/mol. The van der Waals surface area contributed by atoms with Crippen molar-refractivity contribution in [1.29, 1.82) is 0 Å². The molecule has 0 bridgehead atoms. The summed E-state index contributed by atoms with van der Waals surface area (Å²) in [5.74, 6) is 0.638. The number of rotatable bonds is 8. The predicted octanol–water partition coefficient (Wildman–Crippen LogP) is 6.66. The Morgan fingerprint density at radius 3 is 1.10 bits per heavy atom. The summed E-state index contributed by atoms with van der Waals surface area (Å²) < 4.78 is 62.9. The fourth-order valence-corrected chi connectivity index (χ4v) is 7.33. The minimum Gasteiger partial charge on any atom is -0.378 e. The average molecular weight is 565 g/mol. The molecule has 0 unspecified atom stereocenters. The first-order valence-corrected chi connectivity index (χ1v) is 15.3. The zero-order valence-electron chi connectivity index (χ0n) is 22.9. The van der Waals surface area contributed by atoms with Gasteiger partial charge >= 0.3 is 20.2 Å². The maximum atomic E-state index is 12.9. The Hall–Kier alpha value is -3.62. The van der Waals surface area contributed by atoms with E-state index >= 15 is 0 Å². The maximum absolute atomic E-state index is 12.9. The van der Waals surface area contributed by atoms with Gasteiger partial charge in [0.05, 0.1) is 0 Å². The molecule has 0 radical (unpaired) electrons. The molecule has 0 aliphatic rings. The van der Waals surface area contributed by atoms with Gasteiger partial charge in [0.1, 0.15) is 21.3 Å². The zero-order valence-corrected chi connectivity index (χ0v) is 24.5. The minimum absolute atomic E-state index is 0.144. The van der Waals surface area contributed by atoms with E-state index in [4.69, 9.17) is 8.37 Å². The monoisotopic (exact) mass is 564 g/mol. The highest BCUT2D eigenvalue weighted by molar-refractivity contribution is 7.87. The average Bonchev–Trinajstić information content (AvgIpc) is 2.84. The second-order valence-corrected chi connectivity index (χ2v) is 12.9. The van der Waals surface area contributed by atoms with Crippen LogP contribution < -0.4 is 8.37 Å². The molecule has 4 rings (SSSR count). The Kier molecular flexibility index (Phi) is 7.91. The Balaban J connectivity index is 1.58. The summed E-state index contributed by atoms with van der Waals surface area (Å²) in [6.45, 7) is 10.8. The fourth-order valence-electron chi connectivity index (χ4n) is 4.77. The van der Waals surface area contributed by atoms with Crippen molar-refractivity contribution in [3.8, 4) is 11.5 Å². The first-order valence-electron chi connectivity index (χ1n) is 12.5. The van der Waals surface area contributed by atoms with E-state index in [9.17, 15) is 16.8 Å². The van der Waals surface area contributed by atoms with Gasteiger partial charge in [0.15, 0.2) is 0 Å². The summed E-state index contributed by atoms with van der Waals surface area (Å²) in [4.78, 5) is 0.288. The van der Waals surface area contributed by atoms with Crippen LogP contribution in [0.5, 0.6) is 11.5 Å². The van der Waals surface area contributed by atoms with Gasteiger partial charge in [-0.3, -0.25) is 0 Å². The van der Waals surface area contributed by atoms with Gasteiger partial charge in [-0.05, 0) is 105 Å². The van der Waals surface area contributed by atoms with Gasteiger partial charge < -0.3 is 8.37 Å². The number of hydrogen-bond acceptors (Lipinski definition) is 6. The van der Waals surface area contributed by atoms with Gasteiger partial charge in [-0.15, -0.1) is 0 Å². The second kappa shape index (κ2) is 10.9. The molecule has 0 saturated carbocycles. The summed E-state index contributed by atoms with van der Waals surface area (Å²) in [6, 6.07) is 21.1. The SMILES string of the molecule is Cc1ccccc1S(=O)(=O)Oc1c(C)cc(Cc2cc(C)c(OS(=O)(=O)c3ccccc3C)c(C)c2)cc1C. The standard InChI is InChI=1S/C31H32O6S2/c1-20-11-7-9-13-28(20)38(32,33)36-30-22(3)15-26(16-23(30)4)19-27-17-24(5)31(25(6)18-27)37-39(34,35)29-14-10-8-12-21(29)2/h7-18H,19H2,1-6H3. The summed E-state index contributed by atoms with van der Waals surface area (Å²) in [5.41, 5.74) is 6.03. The lowest BCUT2D eigenvalue weighted by Gasteiger charge is -2.16. The molecule has 8 heteroatoms. The molecule has 0 spiro atoms. The van der Waals surface area contributed by atoms with E-state index in [1.807, 2.05) is 52.0 Å². The molecule has 0 aliphatic heterocycles. The van der Waals surface area contributed by atoms with Crippen molar-refractivity contribution in [2.45, 2.75) is 57.8 Å². The summed E-state index contributed by atoms with van der Waals surface area (Å²) >= 11 is 0. The van der Waals surface area contributed by atoms with E-state index < -0.39 is 20.2 Å². The van der Waals surface area contributed by atoms with Crippen LogP contribution in [0.15, 0.2) is 82.6 Å².